The Balaban J connectivity index is 2.68. The van der Waals surface area contributed by atoms with Crippen molar-refractivity contribution in [2.24, 2.45) is 5.11 Å². The average molecular weight is 287 g/mol. The van der Waals surface area contributed by atoms with E-state index in [1.54, 1.807) is 19.1 Å². The van der Waals surface area contributed by atoms with Crippen molar-refractivity contribution in [2.45, 2.75) is 13.0 Å². The van der Waals surface area contributed by atoms with Crippen molar-refractivity contribution in [3.63, 3.8) is 0 Å². The molecular weight excluding hydrogens is 274 g/mol. The summed E-state index contributed by atoms with van der Waals surface area (Å²) in [7, 11) is 2.83. The zero-order valence-corrected chi connectivity index (χ0v) is 11.8. The number of benzene rings is 1. The number of rotatable bonds is 4. The first-order valence-electron chi connectivity index (χ1n) is 6.15. The predicted octanol–water partition coefficient (Wildman–Crippen LogP) is 2.71. The summed E-state index contributed by atoms with van der Waals surface area (Å²) in [5, 5.41) is 3.47. The largest absolute Gasteiger partial charge is 0.496 e. The fourth-order valence-corrected chi connectivity index (χ4v) is 2.25. The number of ether oxygens (including phenoxy) is 2. The van der Waals surface area contributed by atoms with E-state index in [1.807, 2.05) is 0 Å². The maximum absolute atomic E-state index is 12.6. The van der Waals surface area contributed by atoms with Crippen LogP contribution in [-0.4, -0.2) is 31.8 Å². The Morgan fingerprint density at radius 2 is 1.71 bits per heavy atom. The first kappa shape index (κ1) is 14.6. The first-order valence-corrected chi connectivity index (χ1v) is 6.15. The highest BCUT2D eigenvalue weighted by atomic mass is 16.5. The average Bonchev–Trinajstić information content (AvgIpc) is 2.49. The van der Waals surface area contributed by atoms with Crippen molar-refractivity contribution in [2.75, 3.05) is 14.2 Å². The molecular formula is C14H13N3O4. The van der Waals surface area contributed by atoms with Crippen molar-refractivity contribution < 1.29 is 19.1 Å². The molecule has 0 radical (unpaired) electrons. The van der Waals surface area contributed by atoms with Crippen LogP contribution >= 0.6 is 0 Å². The quantitative estimate of drug-likeness (QED) is 0.482. The predicted molar refractivity (Wildman–Crippen MR) is 74.9 cm³/mol. The topological polar surface area (TPSA) is 101 Å². The first-order chi connectivity index (χ1) is 10.0. The van der Waals surface area contributed by atoms with Gasteiger partial charge < -0.3 is 9.47 Å². The Hall–Kier alpha value is -2.79. The van der Waals surface area contributed by atoms with Gasteiger partial charge in [-0.1, -0.05) is 12.0 Å². The molecule has 0 amide bonds. The molecule has 0 aliphatic heterocycles. The van der Waals surface area contributed by atoms with Gasteiger partial charge in [0.25, 0.3) is 0 Å². The van der Waals surface area contributed by atoms with Crippen LogP contribution in [0, 0.1) is 0 Å². The lowest BCUT2D eigenvalue weighted by molar-refractivity contribution is 0.0975. The summed E-state index contributed by atoms with van der Waals surface area (Å²) in [6, 6.07) is 2.39. The highest BCUT2D eigenvalue weighted by Gasteiger charge is 2.33. The molecule has 0 saturated heterocycles. The molecule has 0 N–H and O–H groups in total. The second-order valence-corrected chi connectivity index (χ2v) is 4.39. The van der Waals surface area contributed by atoms with Crippen molar-refractivity contribution >= 4 is 11.6 Å². The second kappa shape index (κ2) is 5.68. The van der Waals surface area contributed by atoms with Gasteiger partial charge in [0.2, 0.25) is 0 Å². The number of ketones is 2. The Kier molecular flexibility index (Phi) is 3.95. The lowest BCUT2D eigenvalue weighted by Gasteiger charge is -2.21. The molecule has 7 heteroatoms. The van der Waals surface area contributed by atoms with Gasteiger partial charge in [-0.15, -0.1) is 0 Å². The number of azide groups is 1. The van der Waals surface area contributed by atoms with Crippen molar-refractivity contribution in [1.82, 2.24) is 0 Å². The van der Waals surface area contributed by atoms with Crippen LogP contribution in [0.4, 0.5) is 0 Å². The summed E-state index contributed by atoms with van der Waals surface area (Å²) >= 11 is 0. The molecule has 1 aromatic carbocycles. The third-order valence-corrected chi connectivity index (χ3v) is 3.27. The molecule has 0 heterocycles. The van der Waals surface area contributed by atoms with Crippen LogP contribution in [0.3, 0.4) is 0 Å². The maximum atomic E-state index is 12.6. The van der Waals surface area contributed by atoms with E-state index in [4.69, 9.17) is 15.0 Å². The van der Waals surface area contributed by atoms with Gasteiger partial charge in [0, 0.05) is 10.5 Å². The highest BCUT2D eigenvalue weighted by molar-refractivity contribution is 6.27. The van der Waals surface area contributed by atoms with Crippen molar-refractivity contribution in [3.05, 3.63) is 45.4 Å². The van der Waals surface area contributed by atoms with Crippen LogP contribution in [-0.2, 0) is 0 Å². The van der Waals surface area contributed by atoms with Crippen molar-refractivity contribution in [3.8, 4) is 11.5 Å². The van der Waals surface area contributed by atoms with Gasteiger partial charge in [0.05, 0.1) is 31.4 Å². The number of methoxy groups -OCH3 is 2. The lowest BCUT2D eigenvalue weighted by atomic mass is 9.85. The molecule has 0 spiro atoms. The smallest absolute Gasteiger partial charge is 0.194 e. The van der Waals surface area contributed by atoms with Crippen LogP contribution in [0.5, 0.6) is 11.5 Å². The fraction of sp³-hybridized carbons (Fsp3) is 0.286. The molecule has 0 fully saturated rings. The number of allylic oxidation sites excluding steroid dienone is 1. The second-order valence-electron chi connectivity index (χ2n) is 4.39. The summed E-state index contributed by atoms with van der Waals surface area (Å²) < 4.78 is 10.3. The van der Waals surface area contributed by atoms with Gasteiger partial charge in [-0.2, -0.15) is 0 Å². The minimum Gasteiger partial charge on any atom is -0.496 e. The van der Waals surface area contributed by atoms with Crippen LogP contribution in [0.1, 0.15) is 27.6 Å². The summed E-state index contributed by atoms with van der Waals surface area (Å²) in [6.45, 7) is 1.55. The normalized spacial score (nSPS) is 14.7. The molecule has 1 atom stereocenters. The summed E-state index contributed by atoms with van der Waals surface area (Å²) in [4.78, 5) is 27.6. The van der Waals surface area contributed by atoms with Crippen LogP contribution in [0.15, 0.2) is 28.9 Å². The van der Waals surface area contributed by atoms with E-state index in [9.17, 15) is 9.59 Å². The zero-order chi connectivity index (χ0) is 15.6. The molecule has 108 valence electrons. The number of hydrogen-bond donors (Lipinski definition) is 0. The Morgan fingerprint density at radius 3 is 2.24 bits per heavy atom. The third-order valence-electron chi connectivity index (χ3n) is 3.27. The SMILES string of the molecule is COc1ccc(OC)c2c1C(=O)C=C(C(C)N=[N+]=[N-])C2=O. The number of carbonyl (C=O) groups is 2. The van der Waals surface area contributed by atoms with E-state index in [0.717, 1.165) is 0 Å². The van der Waals surface area contributed by atoms with Gasteiger partial charge in [-0.05, 0) is 23.7 Å². The maximum Gasteiger partial charge on any atom is 0.194 e. The Bertz CT molecular complexity index is 702. The monoisotopic (exact) mass is 287 g/mol. The molecule has 1 aliphatic carbocycles. The molecule has 1 aliphatic rings. The van der Waals surface area contributed by atoms with E-state index < -0.39 is 11.8 Å². The number of fused-ring (bicyclic) bond motifs is 1. The van der Waals surface area contributed by atoms with Gasteiger partial charge >= 0.3 is 0 Å². The van der Waals surface area contributed by atoms with Crippen molar-refractivity contribution in [1.29, 1.82) is 0 Å². The molecule has 1 unspecified atom stereocenters. The summed E-state index contributed by atoms with van der Waals surface area (Å²) in [5.74, 6) is -0.200. The van der Waals surface area contributed by atoms with E-state index in [-0.39, 0.29) is 28.2 Å². The molecule has 1 aromatic rings. The van der Waals surface area contributed by atoms with Crippen LogP contribution in [0.25, 0.3) is 10.4 Å². The number of carbonyl (C=O) groups excluding carboxylic acids is 2. The minimum absolute atomic E-state index is 0.136. The van der Waals surface area contributed by atoms with E-state index in [2.05, 4.69) is 10.0 Å². The third kappa shape index (κ3) is 2.34. The van der Waals surface area contributed by atoms with Crippen LogP contribution < -0.4 is 9.47 Å². The highest BCUT2D eigenvalue weighted by Crippen LogP contribution is 2.36. The molecule has 7 nitrogen and oxygen atoms in total. The minimum atomic E-state index is -0.740. The molecule has 0 bridgehead atoms. The standard InChI is InChI=1S/C14H13N3O4/c1-7(16-17-15)8-6-9(18)12-10(20-2)4-5-11(21-3)13(12)14(8)19/h4-7H,1-3H3. The van der Waals surface area contributed by atoms with E-state index in [0.29, 0.717) is 5.75 Å². The van der Waals surface area contributed by atoms with Gasteiger partial charge in [-0.25, -0.2) is 0 Å². The zero-order valence-electron chi connectivity index (χ0n) is 11.8. The number of hydrogen-bond acceptors (Lipinski definition) is 5. The summed E-state index contributed by atoms with van der Waals surface area (Å²) in [6.07, 6.45) is 1.19. The van der Waals surface area contributed by atoms with Crippen LogP contribution in [0.2, 0.25) is 0 Å². The molecule has 21 heavy (non-hydrogen) atoms. The molecule has 2 rings (SSSR count). The van der Waals surface area contributed by atoms with Gasteiger partial charge in [0.1, 0.15) is 11.5 Å². The van der Waals surface area contributed by atoms with Gasteiger partial charge in [0.15, 0.2) is 11.6 Å². The van der Waals surface area contributed by atoms with E-state index >= 15 is 0 Å². The van der Waals surface area contributed by atoms with Gasteiger partial charge in [-0.3, -0.25) is 9.59 Å². The van der Waals surface area contributed by atoms with E-state index in [1.165, 1.54) is 20.3 Å². The summed E-state index contributed by atoms with van der Waals surface area (Å²) in [5.41, 5.74) is 8.93. The number of Topliss-reactive ketones (excluding diaryl/α,β-unsaturated/α-hetero) is 1. The number of nitrogens with zero attached hydrogens (tertiary/aromatic N) is 3. The molecule has 0 saturated carbocycles. The fourth-order valence-electron chi connectivity index (χ4n) is 2.25. The Labute approximate surface area is 120 Å². The molecule has 0 aromatic heterocycles. The lowest BCUT2D eigenvalue weighted by Crippen LogP contribution is -2.23. The Morgan fingerprint density at radius 1 is 1.14 bits per heavy atom.